The molecule has 0 spiro atoms. The summed E-state index contributed by atoms with van der Waals surface area (Å²) < 4.78 is 1.61. The fraction of sp³-hybridized carbons (Fsp3) is 0.615. The number of carbonyl (C=O) groups is 2. The maximum atomic E-state index is 12.1. The van der Waals surface area contributed by atoms with E-state index in [2.05, 4.69) is 5.10 Å². The summed E-state index contributed by atoms with van der Waals surface area (Å²) in [4.78, 5) is 24.5. The highest BCUT2D eigenvalue weighted by Crippen LogP contribution is 2.21. The van der Waals surface area contributed by atoms with Crippen LogP contribution in [0, 0.1) is 5.92 Å². The lowest BCUT2D eigenvalue weighted by Crippen LogP contribution is -2.41. The highest BCUT2D eigenvalue weighted by molar-refractivity contribution is 5.76. The Hall–Kier alpha value is -1.85. The number of hydrogen-bond acceptors (Lipinski definition) is 3. The van der Waals surface area contributed by atoms with Crippen molar-refractivity contribution in [2.24, 2.45) is 5.92 Å². The predicted octanol–water partition coefficient (Wildman–Crippen LogP) is 0.986. The van der Waals surface area contributed by atoms with E-state index < -0.39 is 5.97 Å². The van der Waals surface area contributed by atoms with Gasteiger partial charge in [-0.3, -0.25) is 14.3 Å². The zero-order chi connectivity index (χ0) is 13.7. The van der Waals surface area contributed by atoms with Crippen LogP contribution in [0.4, 0.5) is 0 Å². The lowest BCUT2D eigenvalue weighted by Gasteiger charge is -2.32. The zero-order valence-corrected chi connectivity index (χ0v) is 10.9. The molecule has 0 radical (unpaired) electrons. The molecule has 1 aliphatic rings. The summed E-state index contributed by atoms with van der Waals surface area (Å²) in [6.07, 6.45) is 6.23. The summed E-state index contributed by atoms with van der Waals surface area (Å²) >= 11 is 0. The number of carboxylic acids is 1. The third-order valence-corrected chi connectivity index (χ3v) is 3.49. The van der Waals surface area contributed by atoms with Crippen molar-refractivity contribution in [2.75, 3.05) is 13.1 Å². The molecule has 1 saturated heterocycles. The Labute approximate surface area is 112 Å². The van der Waals surface area contributed by atoms with Crippen molar-refractivity contribution in [3.63, 3.8) is 0 Å². The van der Waals surface area contributed by atoms with E-state index in [1.54, 1.807) is 23.1 Å². The summed E-state index contributed by atoms with van der Waals surface area (Å²) in [6, 6.07) is 1.79. The zero-order valence-electron chi connectivity index (χ0n) is 10.9. The Balaban J connectivity index is 1.82. The van der Waals surface area contributed by atoms with Crippen LogP contribution in [0.1, 0.15) is 25.7 Å². The number of likely N-dealkylation sites (tertiary alicyclic amines) is 1. The molecule has 1 aliphatic heterocycles. The Morgan fingerprint density at radius 3 is 2.95 bits per heavy atom. The molecule has 2 rings (SSSR count). The van der Waals surface area contributed by atoms with E-state index in [9.17, 15) is 9.59 Å². The van der Waals surface area contributed by atoms with Crippen LogP contribution in [0.25, 0.3) is 0 Å². The second kappa shape index (κ2) is 6.36. The molecule has 0 aromatic carbocycles. The summed E-state index contributed by atoms with van der Waals surface area (Å²) in [6.45, 7) is 1.70. The minimum absolute atomic E-state index is 0.0590. The van der Waals surface area contributed by atoms with E-state index >= 15 is 0 Å². The fourth-order valence-electron chi connectivity index (χ4n) is 2.49. The van der Waals surface area contributed by atoms with Gasteiger partial charge in [0.05, 0.1) is 0 Å². The molecule has 6 nitrogen and oxygen atoms in total. The smallest absolute Gasteiger partial charge is 0.303 e. The van der Waals surface area contributed by atoms with Crippen molar-refractivity contribution < 1.29 is 14.7 Å². The molecule has 1 fully saturated rings. The van der Waals surface area contributed by atoms with E-state index in [0.717, 1.165) is 19.4 Å². The molecule has 0 saturated carbocycles. The average Bonchev–Trinajstić information content (AvgIpc) is 2.89. The van der Waals surface area contributed by atoms with E-state index in [-0.39, 0.29) is 18.9 Å². The van der Waals surface area contributed by atoms with Gasteiger partial charge >= 0.3 is 5.97 Å². The molecular weight excluding hydrogens is 246 g/mol. The van der Waals surface area contributed by atoms with Crippen molar-refractivity contribution in [3.8, 4) is 0 Å². The minimum Gasteiger partial charge on any atom is -0.481 e. The average molecular weight is 265 g/mol. The van der Waals surface area contributed by atoms with Crippen molar-refractivity contribution in [3.05, 3.63) is 18.5 Å². The number of aromatic nitrogens is 2. The second-order valence-corrected chi connectivity index (χ2v) is 4.98. The lowest BCUT2D eigenvalue weighted by atomic mass is 9.93. The third kappa shape index (κ3) is 4.08. The van der Waals surface area contributed by atoms with Gasteiger partial charge in [-0.2, -0.15) is 5.10 Å². The van der Waals surface area contributed by atoms with Gasteiger partial charge in [0, 0.05) is 31.9 Å². The molecule has 6 heteroatoms. The number of aliphatic carboxylic acids is 1. The molecule has 1 amide bonds. The Morgan fingerprint density at radius 1 is 1.42 bits per heavy atom. The van der Waals surface area contributed by atoms with Crippen LogP contribution in [0.2, 0.25) is 0 Å². The van der Waals surface area contributed by atoms with Gasteiger partial charge in [0.2, 0.25) is 5.91 Å². The van der Waals surface area contributed by atoms with Gasteiger partial charge in [0.25, 0.3) is 0 Å². The van der Waals surface area contributed by atoms with Gasteiger partial charge in [0.15, 0.2) is 0 Å². The Morgan fingerprint density at radius 2 is 2.26 bits per heavy atom. The normalized spacial score (nSPS) is 19.4. The summed E-state index contributed by atoms with van der Waals surface area (Å²) in [5.74, 6) is -0.393. The van der Waals surface area contributed by atoms with Crippen LogP contribution in [0.5, 0.6) is 0 Å². The molecule has 104 valence electrons. The monoisotopic (exact) mass is 265 g/mol. The molecule has 1 unspecified atom stereocenters. The van der Waals surface area contributed by atoms with E-state index in [1.165, 1.54) is 0 Å². The molecule has 1 aromatic heterocycles. The van der Waals surface area contributed by atoms with Crippen LogP contribution in [0.15, 0.2) is 18.5 Å². The number of rotatable bonds is 5. The van der Waals surface area contributed by atoms with Crippen LogP contribution in [0.3, 0.4) is 0 Å². The summed E-state index contributed by atoms with van der Waals surface area (Å²) in [7, 11) is 0. The lowest BCUT2D eigenvalue weighted by molar-refractivity contribution is -0.137. The van der Waals surface area contributed by atoms with Crippen molar-refractivity contribution in [1.82, 2.24) is 14.7 Å². The van der Waals surface area contributed by atoms with Gasteiger partial charge in [0.1, 0.15) is 6.54 Å². The van der Waals surface area contributed by atoms with Gasteiger partial charge < -0.3 is 10.0 Å². The largest absolute Gasteiger partial charge is 0.481 e. The topological polar surface area (TPSA) is 75.4 Å². The molecule has 19 heavy (non-hydrogen) atoms. The van der Waals surface area contributed by atoms with Crippen molar-refractivity contribution >= 4 is 11.9 Å². The second-order valence-electron chi connectivity index (χ2n) is 4.98. The molecule has 1 atom stereocenters. The quantitative estimate of drug-likeness (QED) is 0.861. The number of piperidine rings is 1. The molecule has 1 N–H and O–H groups in total. The minimum atomic E-state index is -0.764. The number of carbonyl (C=O) groups excluding carboxylic acids is 1. The molecule has 1 aromatic rings. The van der Waals surface area contributed by atoms with Gasteiger partial charge in [-0.25, -0.2) is 0 Å². The molecule has 0 aliphatic carbocycles. The Bertz CT molecular complexity index is 430. The Kier molecular flexibility index (Phi) is 4.54. The maximum absolute atomic E-state index is 12.1. The standard InChI is InChI=1S/C13H19N3O3/c17-12(10-16-8-2-6-14-16)15-7-1-3-11(9-15)4-5-13(18)19/h2,6,8,11H,1,3-5,7,9-10H2,(H,18,19). The first-order valence-corrected chi connectivity index (χ1v) is 6.62. The van der Waals surface area contributed by atoms with E-state index in [4.69, 9.17) is 5.11 Å². The van der Waals surface area contributed by atoms with Crippen molar-refractivity contribution in [1.29, 1.82) is 0 Å². The summed E-state index contributed by atoms with van der Waals surface area (Å²) in [5, 5.41) is 12.7. The van der Waals surface area contributed by atoms with Crippen LogP contribution in [-0.4, -0.2) is 44.8 Å². The number of carboxylic acid groups (broad SMARTS) is 1. The van der Waals surface area contributed by atoms with E-state index in [0.29, 0.717) is 18.9 Å². The highest BCUT2D eigenvalue weighted by atomic mass is 16.4. The molecular formula is C13H19N3O3. The predicted molar refractivity (Wildman–Crippen MR) is 68.4 cm³/mol. The van der Waals surface area contributed by atoms with E-state index in [1.807, 2.05) is 4.90 Å². The summed E-state index contributed by atoms with van der Waals surface area (Å²) in [5.41, 5.74) is 0. The first kappa shape index (κ1) is 13.6. The van der Waals surface area contributed by atoms with Gasteiger partial charge in [-0.05, 0) is 31.2 Å². The number of amides is 1. The maximum Gasteiger partial charge on any atom is 0.303 e. The van der Waals surface area contributed by atoms with Crippen LogP contribution < -0.4 is 0 Å². The van der Waals surface area contributed by atoms with Gasteiger partial charge in [-0.15, -0.1) is 0 Å². The fourth-order valence-corrected chi connectivity index (χ4v) is 2.49. The van der Waals surface area contributed by atoms with Crippen molar-refractivity contribution in [2.45, 2.75) is 32.2 Å². The SMILES string of the molecule is O=C(O)CCC1CCCN(C(=O)Cn2cccn2)C1. The first-order chi connectivity index (χ1) is 9.15. The molecule has 0 bridgehead atoms. The number of hydrogen-bond donors (Lipinski definition) is 1. The number of nitrogens with zero attached hydrogens (tertiary/aromatic N) is 3. The van der Waals surface area contributed by atoms with Crippen LogP contribution in [-0.2, 0) is 16.1 Å². The highest BCUT2D eigenvalue weighted by Gasteiger charge is 2.24. The third-order valence-electron chi connectivity index (χ3n) is 3.49. The first-order valence-electron chi connectivity index (χ1n) is 6.62. The van der Waals surface area contributed by atoms with Gasteiger partial charge in [-0.1, -0.05) is 0 Å². The molecule has 2 heterocycles. The van der Waals surface area contributed by atoms with Crippen LogP contribution >= 0.6 is 0 Å².